The third kappa shape index (κ3) is 5.57. The normalized spacial score (nSPS) is 14.7. The molecule has 7 nitrogen and oxygen atoms in total. The number of amides is 1. The molecule has 0 radical (unpaired) electrons. The van der Waals surface area contributed by atoms with Crippen LogP contribution in [0.25, 0.3) is 22.8 Å². The molecule has 0 atom stereocenters. The molecular weight excluding hydrogens is 392 g/mol. The third-order valence-corrected chi connectivity index (χ3v) is 5.43. The van der Waals surface area contributed by atoms with Crippen molar-refractivity contribution in [1.29, 1.82) is 0 Å². The highest BCUT2D eigenvalue weighted by atomic mass is 16.5. The Morgan fingerprint density at radius 3 is 2.58 bits per heavy atom. The van der Waals surface area contributed by atoms with E-state index in [1.165, 1.54) is 5.56 Å². The van der Waals surface area contributed by atoms with Gasteiger partial charge in [-0.1, -0.05) is 41.6 Å². The average Bonchev–Trinajstić information content (AvgIpc) is 3.31. The maximum Gasteiger partial charge on any atom is 0.258 e. The maximum atomic E-state index is 12.2. The Morgan fingerprint density at radius 2 is 1.81 bits per heavy atom. The molecule has 1 aliphatic rings. The van der Waals surface area contributed by atoms with Crippen molar-refractivity contribution in [3.8, 4) is 22.8 Å². The topological polar surface area (TPSA) is 71.7 Å². The van der Waals surface area contributed by atoms with Gasteiger partial charge in [-0.15, -0.1) is 0 Å². The van der Waals surface area contributed by atoms with Crippen LogP contribution < -0.4 is 0 Å². The van der Waals surface area contributed by atoms with Crippen LogP contribution in [-0.2, 0) is 16.1 Å². The van der Waals surface area contributed by atoms with Crippen LogP contribution in [0.15, 0.2) is 59.1 Å². The average molecular weight is 421 g/mol. The van der Waals surface area contributed by atoms with E-state index in [0.29, 0.717) is 31.3 Å². The molecule has 162 valence electrons. The van der Waals surface area contributed by atoms with E-state index in [0.717, 1.165) is 43.9 Å². The largest absolute Gasteiger partial charge is 0.381 e. The Kier molecular flexibility index (Phi) is 7.07. The molecule has 2 heterocycles. The van der Waals surface area contributed by atoms with Crippen molar-refractivity contribution in [1.82, 2.24) is 19.9 Å². The van der Waals surface area contributed by atoms with E-state index in [4.69, 9.17) is 9.26 Å². The number of benzene rings is 2. The van der Waals surface area contributed by atoms with Gasteiger partial charge in [-0.25, -0.2) is 0 Å². The molecule has 0 spiro atoms. The smallest absolute Gasteiger partial charge is 0.258 e. The van der Waals surface area contributed by atoms with E-state index in [-0.39, 0.29) is 5.91 Å². The van der Waals surface area contributed by atoms with Crippen LogP contribution >= 0.6 is 0 Å². The van der Waals surface area contributed by atoms with Crippen molar-refractivity contribution < 1.29 is 14.1 Å². The zero-order chi connectivity index (χ0) is 21.5. The molecular formula is C24H28N4O3. The van der Waals surface area contributed by atoms with Crippen LogP contribution in [0.5, 0.6) is 0 Å². The fourth-order valence-corrected chi connectivity index (χ4v) is 3.72. The summed E-state index contributed by atoms with van der Waals surface area (Å²) in [5.41, 5.74) is 3.04. The van der Waals surface area contributed by atoms with E-state index >= 15 is 0 Å². The fourth-order valence-electron chi connectivity index (χ4n) is 3.72. The third-order valence-electron chi connectivity index (χ3n) is 5.43. The van der Waals surface area contributed by atoms with Gasteiger partial charge in [0.1, 0.15) is 0 Å². The molecule has 3 aromatic rings. The Balaban J connectivity index is 1.34. The second-order valence-corrected chi connectivity index (χ2v) is 7.59. The van der Waals surface area contributed by atoms with Crippen LogP contribution in [0, 0.1) is 0 Å². The molecule has 2 aromatic carbocycles. The van der Waals surface area contributed by atoms with Crippen LogP contribution in [-0.4, -0.2) is 65.2 Å². The lowest BCUT2D eigenvalue weighted by molar-refractivity contribution is -0.134. The van der Waals surface area contributed by atoms with Crippen molar-refractivity contribution in [3.05, 3.63) is 60.2 Å². The summed E-state index contributed by atoms with van der Waals surface area (Å²) in [7, 11) is 0. The van der Waals surface area contributed by atoms with Gasteiger partial charge in [0, 0.05) is 50.5 Å². The molecule has 1 saturated heterocycles. The highest BCUT2D eigenvalue weighted by molar-refractivity contribution is 5.76. The van der Waals surface area contributed by atoms with Crippen molar-refractivity contribution in [2.24, 2.45) is 0 Å². The molecule has 1 aromatic heterocycles. The first-order chi connectivity index (χ1) is 15.2. The Hall–Kier alpha value is -3.03. The summed E-state index contributed by atoms with van der Waals surface area (Å²) in [4.78, 5) is 21.1. The molecule has 0 bridgehead atoms. The van der Waals surface area contributed by atoms with E-state index in [1.807, 2.05) is 54.3 Å². The summed E-state index contributed by atoms with van der Waals surface area (Å²) >= 11 is 0. The summed E-state index contributed by atoms with van der Waals surface area (Å²) in [6, 6.07) is 18.0. The Morgan fingerprint density at radius 1 is 1.03 bits per heavy atom. The summed E-state index contributed by atoms with van der Waals surface area (Å²) in [5, 5.41) is 4.16. The number of carbonyl (C=O) groups is 1. The predicted molar refractivity (Wildman–Crippen MR) is 118 cm³/mol. The van der Waals surface area contributed by atoms with Gasteiger partial charge in [0.2, 0.25) is 11.7 Å². The fraction of sp³-hybridized carbons (Fsp3) is 0.375. The number of hydrogen-bond acceptors (Lipinski definition) is 6. The maximum absolute atomic E-state index is 12.2. The molecule has 1 fully saturated rings. The number of carbonyl (C=O) groups excluding carboxylic acids is 1. The number of nitrogens with zero attached hydrogens (tertiary/aromatic N) is 4. The monoisotopic (exact) mass is 420 g/mol. The number of rotatable bonds is 8. The highest BCUT2D eigenvalue weighted by Gasteiger charge is 2.21. The number of ether oxygens (including phenoxy) is 1. The van der Waals surface area contributed by atoms with Crippen LogP contribution in [0.3, 0.4) is 0 Å². The summed E-state index contributed by atoms with van der Waals surface area (Å²) in [6.07, 6.45) is 0.464. The molecule has 0 unspecified atom stereocenters. The van der Waals surface area contributed by atoms with Gasteiger partial charge >= 0.3 is 0 Å². The Bertz CT molecular complexity index is 981. The van der Waals surface area contributed by atoms with E-state index in [9.17, 15) is 4.79 Å². The van der Waals surface area contributed by atoms with Crippen LogP contribution in [0.1, 0.15) is 18.9 Å². The van der Waals surface area contributed by atoms with E-state index < -0.39 is 0 Å². The van der Waals surface area contributed by atoms with E-state index in [1.54, 1.807) is 0 Å². The van der Waals surface area contributed by atoms with Gasteiger partial charge in [-0.05, 0) is 30.7 Å². The molecule has 1 aliphatic heterocycles. The summed E-state index contributed by atoms with van der Waals surface area (Å²) < 4.78 is 10.7. The van der Waals surface area contributed by atoms with Gasteiger partial charge in [-0.2, -0.15) is 4.98 Å². The standard InChI is InChI=1S/C24H28N4O3/c1-2-30-16-11-22(29)28-14-12-27(13-15-28)18-19-7-6-10-21(17-19)23-25-24(31-26-23)20-8-4-3-5-9-20/h3-10,17H,2,11-16,18H2,1H3. The first kappa shape index (κ1) is 21.2. The molecule has 31 heavy (non-hydrogen) atoms. The highest BCUT2D eigenvalue weighted by Crippen LogP contribution is 2.23. The van der Waals surface area contributed by atoms with Crippen LogP contribution in [0.2, 0.25) is 0 Å². The lowest BCUT2D eigenvalue weighted by atomic mass is 10.1. The first-order valence-electron chi connectivity index (χ1n) is 10.8. The predicted octanol–water partition coefficient (Wildman–Crippen LogP) is 3.47. The zero-order valence-electron chi connectivity index (χ0n) is 17.9. The summed E-state index contributed by atoms with van der Waals surface area (Å²) in [6.45, 7) is 7.18. The van der Waals surface area contributed by atoms with Crippen molar-refractivity contribution >= 4 is 5.91 Å². The van der Waals surface area contributed by atoms with Gasteiger partial charge in [-0.3, -0.25) is 9.69 Å². The zero-order valence-corrected chi connectivity index (χ0v) is 17.9. The molecule has 4 rings (SSSR count). The number of aromatic nitrogens is 2. The molecule has 0 aliphatic carbocycles. The SMILES string of the molecule is CCOCCC(=O)N1CCN(Cc2cccc(-c3noc(-c4ccccc4)n3)c2)CC1. The Labute approximate surface area is 182 Å². The molecule has 0 saturated carbocycles. The van der Waals surface area contributed by atoms with Crippen molar-refractivity contribution in [2.75, 3.05) is 39.4 Å². The van der Waals surface area contributed by atoms with Gasteiger partial charge < -0.3 is 14.2 Å². The number of piperazine rings is 1. The summed E-state index contributed by atoms with van der Waals surface area (Å²) in [5.74, 6) is 1.29. The van der Waals surface area contributed by atoms with Crippen LogP contribution in [0.4, 0.5) is 0 Å². The van der Waals surface area contributed by atoms with Gasteiger partial charge in [0.25, 0.3) is 5.89 Å². The second kappa shape index (κ2) is 10.3. The first-order valence-corrected chi connectivity index (χ1v) is 10.8. The lowest BCUT2D eigenvalue weighted by Crippen LogP contribution is -2.48. The van der Waals surface area contributed by atoms with Crippen molar-refractivity contribution in [3.63, 3.8) is 0 Å². The van der Waals surface area contributed by atoms with E-state index in [2.05, 4.69) is 27.2 Å². The second-order valence-electron chi connectivity index (χ2n) is 7.59. The van der Waals surface area contributed by atoms with Gasteiger partial charge in [0.15, 0.2) is 0 Å². The molecule has 0 N–H and O–H groups in total. The number of hydrogen-bond donors (Lipinski definition) is 0. The molecule has 7 heteroatoms. The minimum atomic E-state index is 0.182. The van der Waals surface area contributed by atoms with Crippen molar-refractivity contribution in [2.45, 2.75) is 19.9 Å². The molecule has 1 amide bonds. The van der Waals surface area contributed by atoms with Gasteiger partial charge in [0.05, 0.1) is 13.0 Å². The minimum Gasteiger partial charge on any atom is -0.381 e. The minimum absolute atomic E-state index is 0.182. The quantitative estimate of drug-likeness (QED) is 0.520. The lowest BCUT2D eigenvalue weighted by Gasteiger charge is -2.34.